The van der Waals surface area contributed by atoms with Crippen molar-refractivity contribution in [3.63, 3.8) is 0 Å². The number of pyridine rings is 1. The van der Waals surface area contributed by atoms with E-state index >= 15 is 0 Å². The predicted molar refractivity (Wildman–Crippen MR) is 80.9 cm³/mol. The fourth-order valence-corrected chi connectivity index (χ4v) is 2.99. The molecule has 1 unspecified atom stereocenters. The van der Waals surface area contributed by atoms with Crippen molar-refractivity contribution in [1.29, 1.82) is 0 Å². The van der Waals surface area contributed by atoms with Crippen molar-refractivity contribution < 1.29 is 0 Å². The minimum absolute atomic E-state index is 0.0741. The molecule has 0 aliphatic heterocycles. The van der Waals surface area contributed by atoms with Crippen LogP contribution in [0.3, 0.4) is 0 Å². The maximum atomic E-state index is 6.12. The second-order valence-corrected chi connectivity index (χ2v) is 5.41. The number of aromatic nitrogens is 1. The van der Waals surface area contributed by atoms with Crippen molar-refractivity contribution in [2.75, 3.05) is 11.5 Å². The number of anilines is 1. The van der Waals surface area contributed by atoms with Crippen LogP contribution in [-0.4, -0.2) is 10.7 Å². The molecule has 1 aromatic heterocycles. The molecule has 100 valence electrons. The Kier molecular flexibility index (Phi) is 5.04. The molecule has 0 amide bonds. The molecule has 0 aliphatic carbocycles. The Hall–Kier alpha value is -1.27. The smallest absolute Gasteiger partial charge is 0.128 e. The van der Waals surface area contributed by atoms with Crippen molar-refractivity contribution in [3.05, 3.63) is 53.2 Å². The number of thioether (sulfide) groups is 1. The Morgan fingerprint density at radius 1 is 1.26 bits per heavy atom. The van der Waals surface area contributed by atoms with Crippen LogP contribution in [0.1, 0.15) is 11.6 Å². The number of hydrogen-bond acceptors (Lipinski definition) is 5. The van der Waals surface area contributed by atoms with Gasteiger partial charge in [-0.15, -0.1) is 11.8 Å². The second kappa shape index (κ2) is 6.77. The largest absolute Gasteiger partial charge is 0.383 e. The third kappa shape index (κ3) is 3.61. The molecular weight excluding hydrogens is 280 g/mol. The molecule has 0 saturated heterocycles. The van der Waals surface area contributed by atoms with Crippen molar-refractivity contribution >= 4 is 29.2 Å². The average molecular weight is 295 g/mol. The lowest BCUT2D eigenvalue weighted by Gasteiger charge is -2.17. The van der Waals surface area contributed by atoms with E-state index in [0.717, 1.165) is 21.2 Å². The number of nitrogens with two attached hydrogens (primary N) is 2. The topological polar surface area (TPSA) is 77.0 Å². The van der Waals surface area contributed by atoms with Gasteiger partial charge >= 0.3 is 0 Å². The van der Waals surface area contributed by atoms with Crippen LogP contribution in [-0.2, 0) is 0 Å². The van der Waals surface area contributed by atoms with Crippen LogP contribution in [0.2, 0.25) is 5.02 Å². The summed E-state index contributed by atoms with van der Waals surface area (Å²) < 4.78 is 0. The molecule has 1 heterocycles. The first-order chi connectivity index (χ1) is 9.22. The highest BCUT2D eigenvalue weighted by Crippen LogP contribution is 2.30. The lowest BCUT2D eigenvalue weighted by Crippen LogP contribution is -2.30. The zero-order chi connectivity index (χ0) is 13.7. The molecule has 1 aromatic carbocycles. The SMILES string of the molecule is NNC(CSc1ccccc1Cl)c1cccnc1N. The Labute approximate surface area is 121 Å². The maximum absolute atomic E-state index is 6.12. The number of hydrogen-bond donors (Lipinski definition) is 3. The molecule has 2 rings (SSSR count). The van der Waals surface area contributed by atoms with Crippen LogP contribution < -0.4 is 17.0 Å². The van der Waals surface area contributed by atoms with E-state index in [1.165, 1.54) is 0 Å². The number of nitrogen functional groups attached to an aromatic ring is 1. The lowest BCUT2D eigenvalue weighted by molar-refractivity contribution is 0.610. The molecule has 19 heavy (non-hydrogen) atoms. The Bertz CT molecular complexity index is 550. The minimum atomic E-state index is -0.0741. The molecule has 6 heteroatoms. The molecule has 4 nitrogen and oxygen atoms in total. The molecule has 0 radical (unpaired) electrons. The summed E-state index contributed by atoms with van der Waals surface area (Å²) in [5.74, 6) is 6.81. The molecular formula is C13H15ClN4S. The van der Waals surface area contributed by atoms with E-state index in [0.29, 0.717) is 5.82 Å². The van der Waals surface area contributed by atoms with E-state index in [1.54, 1.807) is 18.0 Å². The Morgan fingerprint density at radius 3 is 2.74 bits per heavy atom. The van der Waals surface area contributed by atoms with Crippen LogP contribution in [0.5, 0.6) is 0 Å². The van der Waals surface area contributed by atoms with Gasteiger partial charge in [0.15, 0.2) is 0 Å². The first-order valence-corrected chi connectivity index (χ1v) is 7.12. The van der Waals surface area contributed by atoms with Crippen LogP contribution >= 0.6 is 23.4 Å². The van der Waals surface area contributed by atoms with Gasteiger partial charge in [-0.2, -0.15) is 0 Å². The number of rotatable bonds is 5. The van der Waals surface area contributed by atoms with Crippen LogP contribution in [0.25, 0.3) is 0 Å². The molecule has 1 atom stereocenters. The van der Waals surface area contributed by atoms with E-state index in [2.05, 4.69) is 10.4 Å². The van der Waals surface area contributed by atoms with E-state index in [9.17, 15) is 0 Å². The summed E-state index contributed by atoms with van der Waals surface area (Å²) in [7, 11) is 0. The van der Waals surface area contributed by atoms with Gasteiger partial charge in [-0.3, -0.25) is 11.3 Å². The third-order valence-electron chi connectivity index (χ3n) is 2.69. The summed E-state index contributed by atoms with van der Waals surface area (Å²) in [5.41, 5.74) is 9.51. The van der Waals surface area contributed by atoms with Gasteiger partial charge in [-0.05, 0) is 18.2 Å². The number of nitrogens with zero attached hydrogens (tertiary/aromatic N) is 1. The van der Waals surface area contributed by atoms with Gasteiger partial charge in [0.2, 0.25) is 0 Å². The summed E-state index contributed by atoms with van der Waals surface area (Å²) >= 11 is 7.74. The molecule has 0 bridgehead atoms. The summed E-state index contributed by atoms with van der Waals surface area (Å²) in [5, 5.41) is 0.738. The summed E-state index contributed by atoms with van der Waals surface area (Å²) in [6.07, 6.45) is 1.66. The van der Waals surface area contributed by atoms with Gasteiger partial charge in [0.05, 0.1) is 11.1 Å². The van der Waals surface area contributed by atoms with Crippen LogP contribution in [0.4, 0.5) is 5.82 Å². The lowest BCUT2D eigenvalue weighted by atomic mass is 10.1. The van der Waals surface area contributed by atoms with E-state index in [-0.39, 0.29) is 6.04 Å². The number of nitrogens with one attached hydrogen (secondary N) is 1. The Morgan fingerprint density at radius 2 is 2.05 bits per heavy atom. The molecule has 0 fully saturated rings. The molecule has 0 aliphatic rings. The monoisotopic (exact) mass is 294 g/mol. The minimum Gasteiger partial charge on any atom is -0.383 e. The summed E-state index contributed by atoms with van der Waals surface area (Å²) in [6.45, 7) is 0. The first-order valence-electron chi connectivity index (χ1n) is 5.76. The van der Waals surface area contributed by atoms with Gasteiger partial charge in [-0.1, -0.05) is 29.8 Å². The van der Waals surface area contributed by atoms with Gasteiger partial charge in [-0.25, -0.2) is 4.98 Å². The highest BCUT2D eigenvalue weighted by atomic mass is 35.5. The molecule has 5 N–H and O–H groups in total. The second-order valence-electron chi connectivity index (χ2n) is 3.94. The number of benzene rings is 1. The highest BCUT2D eigenvalue weighted by molar-refractivity contribution is 7.99. The van der Waals surface area contributed by atoms with Gasteiger partial charge in [0.1, 0.15) is 5.82 Å². The van der Waals surface area contributed by atoms with Crippen molar-refractivity contribution in [2.24, 2.45) is 5.84 Å². The van der Waals surface area contributed by atoms with Gasteiger partial charge in [0, 0.05) is 22.4 Å². The third-order valence-corrected chi connectivity index (χ3v) is 4.30. The van der Waals surface area contributed by atoms with Crippen LogP contribution in [0, 0.1) is 0 Å². The average Bonchev–Trinajstić information content (AvgIpc) is 2.43. The normalized spacial score (nSPS) is 12.3. The first kappa shape index (κ1) is 14.1. The molecule has 0 spiro atoms. The predicted octanol–water partition coefficient (Wildman–Crippen LogP) is 2.61. The van der Waals surface area contributed by atoms with E-state index in [4.69, 9.17) is 23.2 Å². The fourth-order valence-electron chi connectivity index (χ4n) is 1.69. The summed E-state index contributed by atoms with van der Waals surface area (Å²) in [6, 6.07) is 11.4. The van der Waals surface area contributed by atoms with E-state index in [1.807, 2.05) is 36.4 Å². The van der Waals surface area contributed by atoms with Crippen LogP contribution in [0.15, 0.2) is 47.5 Å². The Balaban J connectivity index is 2.09. The number of halogens is 1. The summed E-state index contributed by atoms with van der Waals surface area (Å²) in [4.78, 5) is 5.09. The number of hydrazine groups is 1. The fraction of sp³-hybridized carbons (Fsp3) is 0.154. The van der Waals surface area contributed by atoms with E-state index < -0.39 is 0 Å². The molecule has 0 saturated carbocycles. The maximum Gasteiger partial charge on any atom is 0.128 e. The van der Waals surface area contributed by atoms with Crippen molar-refractivity contribution in [1.82, 2.24) is 10.4 Å². The van der Waals surface area contributed by atoms with Crippen molar-refractivity contribution in [3.8, 4) is 0 Å². The quantitative estimate of drug-likeness (QED) is 0.449. The standard InChI is InChI=1S/C13H15ClN4S/c14-10-5-1-2-6-12(10)19-8-11(18-16)9-4-3-7-17-13(9)15/h1-7,11,18H,8,16H2,(H2,15,17). The zero-order valence-electron chi connectivity index (χ0n) is 10.2. The highest BCUT2D eigenvalue weighted by Gasteiger charge is 2.14. The van der Waals surface area contributed by atoms with Gasteiger partial charge in [0.25, 0.3) is 0 Å². The van der Waals surface area contributed by atoms with Gasteiger partial charge < -0.3 is 5.73 Å². The zero-order valence-corrected chi connectivity index (χ0v) is 11.8. The van der Waals surface area contributed by atoms with Crippen molar-refractivity contribution in [2.45, 2.75) is 10.9 Å². The molecule has 2 aromatic rings.